The summed E-state index contributed by atoms with van der Waals surface area (Å²) in [4.78, 5) is 38.2. The molecular formula is C29H27ClN4O4. The number of carboxylic acids is 1. The number of benzene rings is 3. The Morgan fingerprint density at radius 1 is 0.947 bits per heavy atom. The van der Waals surface area contributed by atoms with Gasteiger partial charge in [0.05, 0.1) is 24.7 Å². The van der Waals surface area contributed by atoms with Gasteiger partial charge in [-0.2, -0.15) is 0 Å². The Bertz CT molecular complexity index is 1490. The second-order valence-electron chi connectivity index (χ2n) is 8.78. The number of rotatable bonds is 9. The number of hydrogen-bond acceptors (Lipinski definition) is 4. The number of aryl methyl sites for hydroxylation is 1. The van der Waals surface area contributed by atoms with Crippen molar-refractivity contribution in [1.29, 1.82) is 0 Å². The maximum absolute atomic E-state index is 13.5. The Labute approximate surface area is 224 Å². The molecule has 9 heteroatoms. The van der Waals surface area contributed by atoms with Gasteiger partial charge in [-0.3, -0.25) is 9.59 Å². The Morgan fingerprint density at radius 2 is 1.63 bits per heavy atom. The number of aliphatic carboxylic acids is 1. The van der Waals surface area contributed by atoms with E-state index in [9.17, 15) is 19.5 Å². The normalized spacial score (nSPS) is 11.4. The number of carboxylic acid groups (broad SMARTS) is 1. The van der Waals surface area contributed by atoms with E-state index in [2.05, 4.69) is 16.0 Å². The topological polar surface area (TPSA) is 112 Å². The van der Waals surface area contributed by atoms with E-state index in [0.29, 0.717) is 16.3 Å². The summed E-state index contributed by atoms with van der Waals surface area (Å²) in [6, 6.07) is 23.8. The number of hydrogen-bond donors (Lipinski definition) is 4. The van der Waals surface area contributed by atoms with Gasteiger partial charge in [-0.1, -0.05) is 77.8 Å². The number of para-hydroxylation sites is 1. The van der Waals surface area contributed by atoms with E-state index < -0.39 is 23.6 Å². The largest absolute Gasteiger partial charge is 0.481 e. The van der Waals surface area contributed by atoms with Gasteiger partial charge in [-0.05, 0) is 42.3 Å². The number of nitrogens with zero attached hydrogens (tertiary/aromatic N) is 1. The van der Waals surface area contributed by atoms with Crippen molar-refractivity contribution < 1.29 is 14.7 Å². The van der Waals surface area contributed by atoms with Crippen molar-refractivity contribution in [2.45, 2.75) is 25.9 Å². The number of carbonyl (C=O) groups excluding carboxylic acids is 1. The molecule has 0 aliphatic heterocycles. The van der Waals surface area contributed by atoms with Gasteiger partial charge in [0, 0.05) is 16.9 Å². The van der Waals surface area contributed by atoms with Crippen molar-refractivity contribution in [3.8, 4) is 0 Å². The zero-order chi connectivity index (χ0) is 27.1. The van der Waals surface area contributed by atoms with Crippen LogP contribution in [0.2, 0.25) is 5.02 Å². The highest BCUT2D eigenvalue weighted by molar-refractivity contribution is 6.31. The third-order valence-corrected chi connectivity index (χ3v) is 6.29. The number of nitrogens with one attached hydrogen (secondary N) is 3. The summed E-state index contributed by atoms with van der Waals surface area (Å²) in [7, 11) is 0. The fourth-order valence-electron chi connectivity index (χ4n) is 3.94. The standard InChI is InChI=1S/C29H27ClN4O4/c1-19-11-13-20(14-12-19)25(17-26(35)36)32-29(38)33-27-24(31-22-8-3-2-4-9-22)15-16-34(28(27)37)18-21-7-5-6-10-23(21)30/h2-16,25,31H,17-18H2,1H3,(H,35,36)(H2,32,33,38)/t25-/m0/s1. The van der Waals surface area contributed by atoms with Crippen LogP contribution in [0.1, 0.15) is 29.2 Å². The third-order valence-electron chi connectivity index (χ3n) is 5.92. The minimum Gasteiger partial charge on any atom is -0.481 e. The fraction of sp³-hybridized carbons (Fsp3) is 0.138. The van der Waals surface area contributed by atoms with E-state index in [1.54, 1.807) is 36.5 Å². The smallest absolute Gasteiger partial charge is 0.319 e. The predicted octanol–water partition coefficient (Wildman–Crippen LogP) is 5.94. The van der Waals surface area contributed by atoms with Crippen molar-refractivity contribution in [1.82, 2.24) is 9.88 Å². The van der Waals surface area contributed by atoms with Crippen LogP contribution >= 0.6 is 11.6 Å². The molecule has 0 unspecified atom stereocenters. The zero-order valence-electron chi connectivity index (χ0n) is 20.6. The second-order valence-corrected chi connectivity index (χ2v) is 9.19. The van der Waals surface area contributed by atoms with Crippen LogP contribution < -0.4 is 21.5 Å². The molecule has 0 saturated heterocycles. The Morgan fingerprint density at radius 3 is 2.32 bits per heavy atom. The van der Waals surface area contributed by atoms with Crippen LogP contribution in [-0.4, -0.2) is 21.7 Å². The van der Waals surface area contributed by atoms with Crippen LogP contribution in [0.4, 0.5) is 21.9 Å². The van der Waals surface area contributed by atoms with Crippen LogP contribution in [0.3, 0.4) is 0 Å². The highest BCUT2D eigenvalue weighted by atomic mass is 35.5. The van der Waals surface area contributed by atoms with Gasteiger partial charge in [0.1, 0.15) is 5.69 Å². The van der Waals surface area contributed by atoms with E-state index in [4.69, 9.17) is 11.6 Å². The molecule has 4 N–H and O–H groups in total. The summed E-state index contributed by atoms with van der Waals surface area (Å²) in [5.41, 5.74) is 3.06. The van der Waals surface area contributed by atoms with Crippen molar-refractivity contribution >= 4 is 40.7 Å². The highest BCUT2D eigenvalue weighted by Gasteiger charge is 2.20. The molecule has 0 aliphatic rings. The lowest BCUT2D eigenvalue weighted by Gasteiger charge is -2.20. The van der Waals surface area contributed by atoms with Crippen molar-refractivity contribution in [3.05, 3.63) is 123 Å². The molecule has 8 nitrogen and oxygen atoms in total. The molecule has 0 spiro atoms. The Hall–Kier alpha value is -4.56. The van der Waals surface area contributed by atoms with Crippen molar-refractivity contribution in [2.75, 3.05) is 10.6 Å². The summed E-state index contributed by atoms with van der Waals surface area (Å²) in [5.74, 6) is -1.07. The molecular weight excluding hydrogens is 504 g/mol. The molecule has 194 valence electrons. The molecule has 2 amide bonds. The van der Waals surface area contributed by atoms with Gasteiger partial charge in [-0.15, -0.1) is 0 Å². The lowest BCUT2D eigenvalue weighted by molar-refractivity contribution is -0.137. The van der Waals surface area contributed by atoms with Crippen LogP contribution in [0.5, 0.6) is 0 Å². The van der Waals surface area contributed by atoms with Crippen LogP contribution in [0, 0.1) is 6.92 Å². The SMILES string of the molecule is Cc1ccc([C@H](CC(=O)O)NC(=O)Nc2c(Nc3ccccc3)ccn(Cc3ccccc3Cl)c2=O)cc1. The van der Waals surface area contributed by atoms with E-state index in [1.807, 2.05) is 61.5 Å². The van der Waals surface area contributed by atoms with Crippen molar-refractivity contribution in [2.24, 2.45) is 0 Å². The number of aromatic nitrogens is 1. The molecule has 1 atom stereocenters. The number of carbonyl (C=O) groups is 2. The third kappa shape index (κ3) is 6.80. The minimum atomic E-state index is -1.07. The van der Waals surface area contributed by atoms with Gasteiger partial charge < -0.3 is 25.6 Å². The maximum Gasteiger partial charge on any atom is 0.319 e. The maximum atomic E-state index is 13.5. The van der Waals surface area contributed by atoms with Crippen molar-refractivity contribution in [3.63, 3.8) is 0 Å². The number of anilines is 3. The van der Waals surface area contributed by atoms with Gasteiger partial charge >= 0.3 is 12.0 Å². The summed E-state index contributed by atoms with van der Waals surface area (Å²) >= 11 is 6.30. The number of pyridine rings is 1. The Kier molecular flexibility index (Phi) is 8.45. The molecule has 0 saturated carbocycles. The average molecular weight is 531 g/mol. The Balaban J connectivity index is 1.65. The summed E-state index contributed by atoms with van der Waals surface area (Å²) < 4.78 is 1.45. The molecule has 0 fully saturated rings. The molecule has 0 bridgehead atoms. The molecule has 4 aromatic rings. The lowest BCUT2D eigenvalue weighted by atomic mass is 10.0. The zero-order valence-corrected chi connectivity index (χ0v) is 21.4. The molecule has 3 aromatic carbocycles. The molecule has 0 aliphatic carbocycles. The molecule has 1 aromatic heterocycles. The van der Waals surface area contributed by atoms with Crippen LogP contribution in [0.15, 0.2) is 95.9 Å². The van der Waals surface area contributed by atoms with Gasteiger partial charge in [0.25, 0.3) is 5.56 Å². The minimum absolute atomic E-state index is 0.0129. The quantitative estimate of drug-likeness (QED) is 0.214. The second kappa shape index (κ2) is 12.1. The van der Waals surface area contributed by atoms with Gasteiger partial charge in [-0.25, -0.2) is 4.79 Å². The fourth-order valence-corrected chi connectivity index (χ4v) is 4.14. The van der Waals surface area contributed by atoms with Gasteiger partial charge in [0.15, 0.2) is 0 Å². The van der Waals surface area contributed by atoms with E-state index in [1.165, 1.54) is 4.57 Å². The summed E-state index contributed by atoms with van der Waals surface area (Å²) in [6.07, 6.45) is 1.30. The molecule has 1 heterocycles. The summed E-state index contributed by atoms with van der Waals surface area (Å²) in [6.45, 7) is 2.12. The molecule has 0 radical (unpaired) electrons. The first kappa shape index (κ1) is 26.5. The first-order chi connectivity index (χ1) is 18.3. The van der Waals surface area contributed by atoms with E-state index in [0.717, 1.165) is 16.8 Å². The monoisotopic (exact) mass is 530 g/mol. The first-order valence-corrected chi connectivity index (χ1v) is 12.3. The average Bonchev–Trinajstić information content (AvgIpc) is 2.89. The molecule has 38 heavy (non-hydrogen) atoms. The van der Waals surface area contributed by atoms with Gasteiger partial charge in [0.2, 0.25) is 0 Å². The van der Waals surface area contributed by atoms with E-state index >= 15 is 0 Å². The lowest BCUT2D eigenvalue weighted by Crippen LogP contribution is -2.36. The number of amides is 2. The van der Waals surface area contributed by atoms with E-state index in [-0.39, 0.29) is 18.7 Å². The van der Waals surface area contributed by atoms with Crippen LogP contribution in [0.25, 0.3) is 0 Å². The predicted molar refractivity (Wildman–Crippen MR) is 149 cm³/mol. The van der Waals surface area contributed by atoms with Crippen LogP contribution in [-0.2, 0) is 11.3 Å². The number of urea groups is 1. The highest BCUT2D eigenvalue weighted by Crippen LogP contribution is 2.24. The first-order valence-electron chi connectivity index (χ1n) is 11.9. The number of halogens is 1. The molecule has 4 rings (SSSR count). The summed E-state index contributed by atoms with van der Waals surface area (Å²) in [5, 5.41) is 18.5.